The van der Waals surface area contributed by atoms with Crippen molar-refractivity contribution < 1.29 is 9.90 Å². The number of nitrogens with one attached hydrogen (secondary N) is 2. The van der Waals surface area contributed by atoms with Crippen LogP contribution in [0.5, 0.6) is 0 Å². The lowest BCUT2D eigenvalue weighted by molar-refractivity contribution is 0.0911. The van der Waals surface area contributed by atoms with E-state index in [-0.39, 0.29) is 0 Å². The van der Waals surface area contributed by atoms with Crippen molar-refractivity contribution in [1.29, 1.82) is 0 Å². The average Bonchev–Trinajstić information content (AvgIpc) is 2.44. The maximum atomic E-state index is 11.8. The molecule has 0 aliphatic carbocycles. The van der Waals surface area contributed by atoms with Gasteiger partial charge in [-0.25, -0.2) is 0 Å². The number of aliphatic hydroxyl groups is 1. The molecule has 0 aliphatic heterocycles. The number of hydrogen-bond donors (Lipinski definition) is 3. The van der Waals surface area contributed by atoms with Crippen molar-refractivity contribution in [3.63, 3.8) is 0 Å². The molecule has 0 unspecified atom stereocenters. The number of aliphatic hydroxyl groups excluding tert-OH is 1. The number of carbonyl (C=O) groups excluding carboxylic acids is 1. The largest absolute Gasteiger partial charge is 0.376 e. The molecule has 1 amide bonds. The first-order chi connectivity index (χ1) is 9.63. The molecular formula is C14H12Cl2N2O2. The third-order valence-electron chi connectivity index (χ3n) is 2.63. The Morgan fingerprint density at radius 2 is 1.70 bits per heavy atom. The molecule has 0 aliphatic rings. The van der Waals surface area contributed by atoms with E-state index in [2.05, 4.69) is 10.6 Å². The van der Waals surface area contributed by atoms with Crippen LogP contribution in [0, 0.1) is 0 Å². The Morgan fingerprint density at radius 1 is 1.05 bits per heavy atom. The van der Waals surface area contributed by atoms with Gasteiger partial charge >= 0.3 is 0 Å². The summed E-state index contributed by atoms with van der Waals surface area (Å²) in [6.07, 6.45) is 0. The monoisotopic (exact) mass is 310 g/mol. The van der Waals surface area contributed by atoms with Crippen LogP contribution in [-0.4, -0.2) is 17.7 Å². The molecule has 6 heteroatoms. The molecule has 104 valence electrons. The fourth-order valence-corrected chi connectivity index (χ4v) is 2.20. The number of carbonyl (C=O) groups is 1. The molecule has 20 heavy (non-hydrogen) atoms. The lowest BCUT2D eigenvalue weighted by Crippen LogP contribution is -2.24. The van der Waals surface area contributed by atoms with Crippen LogP contribution in [0.3, 0.4) is 0 Å². The second kappa shape index (κ2) is 6.61. The smallest absolute Gasteiger partial charge is 0.255 e. The van der Waals surface area contributed by atoms with Crippen molar-refractivity contribution in [3.8, 4) is 0 Å². The minimum Gasteiger partial charge on any atom is -0.376 e. The van der Waals surface area contributed by atoms with Crippen LogP contribution >= 0.6 is 23.2 Å². The van der Waals surface area contributed by atoms with Crippen molar-refractivity contribution >= 4 is 40.5 Å². The summed E-state index contributed by atoms with van der Waals surface area (Å²) in [5.41, 5.74) is 1.46. The molecule has 2 aromatic carbocycles. The van der Waals surface area contributed by atoms with E-state index in [9.17, 15) is 4.79 Å². The fourth-order valence-electron chi connectivity index (χ4n) is 1.71. The standard InChI is InChI=1S/C14H12Cl2N2O2/c15-10-5-3-6-11(16)13(10)18-12-7-2-1-4-9(12)14(20)17-8-19/h1-7,18-19H,8H2,(H,17,20). The molecule has 4 nitrogen and oxygen atoms in total. The van der Waals surface area contributed by atoms with Crippen molar-refractivity contribution in [2.45, 2.75) is 0 Å². The molecule has 0 saturated carbocycles. The maximum Gasteiger partial charge on any atom is 0.255 e. The van der Waals surface area contributed by atoms with Crippen LogP contribution in [0.25, 0.3) is 0 Å². The first kappa shape index (κ1) is 14.7. The van der Waals surface area contributed by atoms with Gasteiger partial charge in [-0.15, -0.1) is 0 Å². The summed E-state index contributed by atoms with van der Waals surface area (Å²) in [5, 5.41) is 15.0. The number of hydrogen-bond acceptors (Lipinski definition) is 3. The van der Waals surface area contributed by atoms with E-state index in [0.29, 0.717) is 27.0 Å². The number of rotatable bonds is 4. The molecule has 0 aromatic heterocycles. The molecule has 0 atom stereocenters. The van der Waals surface area contributed by atoms with Gasteiger partial charge in [0.1, 0.15) is 6.73 Å². The van der Waals surface area contributed by atoms with Crippen LogP contribution in [-0.2, 0) is 0 Å². The van der Waals surface area contributed by atoms with Gasteiger partial charge in [0, 0.05) is 0 Å². The first-order valence-corrected chi connectivity index (χ1v) is 6.58. The van der Waals surface area contributed by atoms with Crippen molar-refractivity contribution in [3.05, 3.63) is 58.1 Å². The van der Waals surface area contributed by atoms with E-state index < -0.39 is 12.6 Å². The summed E-state index contributed by atoms with van der Waals surface area (Å²) in [6, 6.07) is 12.0. The van der Waals surface area contributed by atoms with Gasteiger partial charge < -0.3 is 15.7 Å². The van der Waals surface area contributed by atoms with Crippen LogP contribution in [0.4, 0.5) is 11.4 Å². The van der Waals surface area contributed by atoms with E-state index >= 15 is 0 Å². The Bertz CT molecular complexity index is 612. The van der Waals surface area contributed by atoms with Crippen molar-refractivity contribution in [1.82, 2.24) is 5.32 Å². The van der Waals surface area contributed by atoms with Gasteiger partial charge in [-0.05, 0) is 24.3 Å². The van der Waals surface area contributed by atoms with Gasteiger partial charge in [-0.1, -0.05) is 41.4 Å². The SMILES string of the molecule is O=C(NCO)c1ccccc1Nc1c(Cl)cccc1Cl. The Labute approximate surface area is 126 Å². The number of halogens is 2. The first-order valence-electron chi connectivity index (χ1n) is 5.82. The molecular weight excluding hydrogens is 299 g/mol. The zero-order valence-corrected chi connectivity index (χ0v) is 11.9. The van der Waals surface area contributed by atoms with Gasteiger partial charge in [0.15, 0.2) is 0 Å². The number of amides is 1. The lowest BCUT2D eigenvalue weighted by atomic mass is 10.1. The maximum absolute atomic E-state index is 11.8. The normalized spacial score (nSPS) is 10.2. The van der Waals surface area contributed by atoms with Gasteiger partial charge in [0.2, 0.25) is 0 Å². The molecule has 0 fully saturated rings. The zero-order valence-electron chi connectivity index (χ0n) is 10.4. The number of anilines is 2. The summed E-state index contributed by atoms with van der Waals surface area (Å²) in [4.78, 5) is 11.8. The Kier molecular flexibility index (Phi) is 4.84. The Morgan fingerprint density at radius 3 is 2.35 bits per heavy atom. The average molecular weight is 311 g/mol. The Balaban J connectivity index is 2.37. The van der Waals surface area contributed by atoms with E-state index in [4.69, 9.17) is 28.3 Å². The second-order valence-electron chi connectivity index (χ2n) is 3.93. The quantitative estimate of drug-likeness (QED) is 0.758. The topological polar surface area (TPSA) is 61.4 Å². The Hall–Kier alpha value is -1.75. The third-order valence-corrected chi connectivity index (χ3v) is 3.26. The molecule has 0 heterocycles. The highest BCUT2D eigenvalue weighted by Crippen LogP contribution is 2.33. The predicted octanol–water partition coefficient (Wildman–Crippen LogP) is 3.42. The van der Waals surface area contributed by atoms with Gasteiger partial charge in [0.25, 0.3) is 5.91 Å². The minimum atomic E-state index is -0.431. The molecule has 3 N–H and O–H groups in total. The second-order valence-corrected chi connectivity index (χ2v) is 4.75. The highest BCUT2D eigenvalue weighted by atomic mass is 35.5. The fraction of sp³-hybridized carbons (Fsp3) is 0.0714. The van der Waals surface area contributed by atoms with Gasteiger partial charge in [-0.2, -0.15) is 0 Å². The van der Waals surface area contributed by atoms with Crippen LogP contribution in [0.1, 0.15) is 10.4 Å². The minimum absolute atomic E-state index is 0.387. The predicted molar refractivity (Wildman–Crippen MR) is 80.7 cm³/mol. The molecule has 0 radical (unpaired) electrons. The van der Waals surface area contributed by atoms with E-state index in [1.165, 1.54) is 0 Å². The van der Waals surface area contributed by atoms with E-state index in [1.54, 1.807) is 42.5 Å². The number of benzene rings is 2. The third kappa shape index (κ3) is 3.22. The lowest BCUT2D eigenvalue weighted by Gasteiger charge is -2.13. The zero-order chi connectivity index (χ0) is 14.5. The molecule has 2 rings (SSSR count). The molecule has 2 aromatic rings. The van der Waals surface area contributed by atoms with Gasteiger partial charge in [-0.3, -0.25) is 4.79 Å². The molecule has 0 bridgehead atoms. The summed E-state index contributed by atoms with van der Waals surface area (Å²) in [6.45, 7) is -0.431. The summed E-state index contributed by atoms with van der Waals surface area (Å²) < 4.78 is 0. The summed E-state index contributed by atoms with van der Waals surface area (Å²) in [7, 11) is 0. The van der Waals surface area contributed by atoms with Gasteiger partial charge in [0.05, 0.1) is 27.0 Å². The van der Waals surface area contributed by atoms with Crippen LogP contribution < -0.4 is 10.6 Å². The van der Waals surface area contributed by atoms with Crippen molar-refractivity contribution in [2.24, 2.45) is 0 Å². The van der Waals surface area contributed by atoms with Crippen LogP contribution in [0.2, 0.25) is 10.0 Å². The number of para-hydroxylation sites is 2. The summed E-state index contributed by atoms with van der Waals surface area (Å²) >= 11 is 12.2. The van der Waals surface area contributed by atoms with E-state index in [1.807, 2.05) is 0 Å². The van der Waals surface area contributed by atoms with Crippen molar-refractivity contribution in [2.75, 3.05) is 12.0 Å². The summed E-state index contributed by atoms with van der Waals surface area (Å²) in [5.74, 6) is -0.390. The highest BCUT2D eigenvalue weighted by Gasteiger charge is 2.12. The highest BCUT2D eigenvalue weighted by molar-refractivity contribution is 6.39. The van der Waals surface area contributed by atoms with Crippen LogP contribution in [0.15, 0.2) is 42.5 Å². The molecule has 0 spiro atoms. The van der Waals surface area contributed by atoms with E-state index in [0.717, 1.165) is 0 Å². The molecule has 0 saturated heterocycles.